The van der Waals surface area contributed by atoms with Crippen molar-refractivity contribution in [3.05, 3.63) is 107 Å². The summed E-state index contributed by atoms with van der Waals surface area (Å²) in [5.74, 6) is 3.54. The van der Waals surface area contributed by atoms with Crippen LogP contribution in [0.3, 0.4) is 0 Å². The van der Waals surface area contributed by atoms with Crippen molar-refractivity contribution in [1.29, 1.82) is 0 Å². The zero-order valence-corrected chi connectivity index (χ0v) is 27.8. The summed E-state index contributed by atoms with van der Waals surface area (Å²) in [6, 6.07) is 30.6. The Morgan fingerprint density at radius 1 is 0.795 bits per heavy atom. The Kier molecular flexibility index (Phi) is 11.9. The summed E-state index contributed by atoms with van der Waals surface area (Å²) in [7, 11) is 0. The van der Waals surface area contributed by atoms with E-state index in [9.17, 15) is 9.59 Å². The van der Waals surface area contributed by atoms with Crippen LogP contribution < -0.4 is 19.7 Å². The SMILES string of the molecule is CC(=O)Cl.CC(=O)N1c2ccc(Br)c(Oc3ccccc3)c2CCC1C.CC1CCc2c(cccc2Oc2ccccc2)N1. The minimum absolute atomic E-state index is 0.0708. The number of hydrogen-bond acceptors (Lipinski definition) is 5. The largest absolute Gasteiger partial charge is 0.457 e. The lowest BCUT2D eigenvalue weighted by Gasteiger charge is -2.35. The summed E-state index contributed by atoms with van der Waals surface area (Å²) in [5.41, 5.74) is 4.55. The van der Waals surface area contributed by atoms with Gasteiger partial charge in [0.05, 0.1) is 10.2 Å². The third-order valence-electron chi connectivity index (χ3n) is 7.34. The van der Waals surface area contributed by atoms with Crippen molar-refractivity contribution in [3.63, 3.8) is 0 Å². The van der Waals surface area contributed by atoms with Crippen LogP contribution in [-0.2, 0) is 22.4 Å². The molecular weight excluding hydrogens is 640 g/mol. The second-order valence-electron chi connectivity index (χ2n) is 10.8. The van der Waals surface area contributed by atoms with E-state index in [-0.39, 0.29) is 17.2 Å². The highest BCUT2D eigenvalue weighted by atomic mass is 79.9. The molecule has 4 aromatic rings. The van der Waals surface area contributed by atoms with Gasteiger partial charge in [0.15, 0.2) is 0 Å². The average Bonchev–Trinajstić information content (AvgIpc) is 2.99. The quantitative estimate of drug-likeness (QED) is 0.218. The highest BCUT2D eigenvalue weighted by Gasteiger charge is 2.29. The lowest BCUT2D eigenvalue weighted by Crippen LogP contribution is -2.40. The lowest BCUT2D eigenvalue weighted by atomic mass is 9.95. The smallest absolute Gasteiger partial charge is 0.224 e. The molecule has 0 aliphatic carbocycles. The predicted molar refractivity (Wildman–Crippen MR) is 182 cm³/mol. The number of benzene rings is 4. The number of ether oxygens (including phenoxy) is 2. The van der Waals surface area contributed by atoms with Gasteiger partial charge in [0.1, 0.15) is 23.0 Å². The lowest BCUT2D eigenvalue weighted by molar-refractivity contribution is -0.117. The van der Waals surface area contributed by atoms with Crippen LogP contribution in [0.25, 0.3) is 0 Å². The van der Waals surface area contributed by atoms with Gasteiger partial charge < -0.3 is 19.7 Å². The van der Waals surface area contributed by atoms with Gasteiger partial charge in [0, 0.05) is 42.7 Å². The van der Waals surface area contributed by atoms with Crippen LogP contribution in [-0.4, -0.2) is 23.2 Å². The molecule has 1 N–H and O–H groups in total. The number of halogens is 2. The molecule has 0 saturated carbocycles. The normalized spacial score (nSPS) is 16.4. The summed E-state index contributed by atoms with van der Waals surface area (Å²) < 4.78 is 13.0. The van der Waals surface area contributed by atoms with Crippen molar-refractivity contribution in [2.75, 3.05) is 10.2 Å². The fourth-order valence-electron chi connectivity index (χ4n) is 5.34. The molecule has 2 heterocycles. The van der Waals surface area contributed by atoms with E-state index in [0.717, 1.165) is 64.4 Å². The molecule has 2 unspecified atom stereocenters. The summed E-state index contributed by atoms with van der Waals surface area (Å²) in [4.78, 5) is 23.1. The summed E-state index contributed by atoms with van der Waals surface area (Å²) in [5, 5.41) is 3.14. The standard InChI is InChI=1S/C18H18BrNO2.C16H17NO.C2H3ClO/c1-12-8-9-15-17(20(12)13(2)21)11-10-16(19)18(15)22-14-6-4-3-5-7-14;1-12-10-11-14-15(17-12)8-5-9-16(14)18-13-6-3-2-4-7-13;1-2(3)4/h3-7,10-12H,8-9H2,1-2H3;2-9,12,17H,10-11H2,1H3;1H3. The Balaban J connectivity index is 0.000000182. The molecule has 0 aromatic heterocycles. The fourth-order valence-corrected chi connectivity index (χ4v) is 5.79. The molecule has 2 aliphatic heterocycles. The molecule has 0 bridgehead atoms. The van der Waals surface area contributed by atoms with E-state index in [4.69, 9.17) is 9.47 Å². The molecule has 2 aliphatic rings. The average molecular weight is 678 g/mol. The first kappa shape index (κ1) is 33.1. The first-order valence-electron chi connectivity index (χ1n) is 14.8. The molecule has 0 fully saturated rings. The van der Waals surface area contributed by atoms with Gasteiger partial charge in [0.25, 0.3) is 0 Å². The van der Waals surface area contributed by atoms with E-state index in [2.05, 4.69) is 52.8 Å². The monoisotopic (exact) mass is 676 g/mol. The molecule has 0 saturated heterocycles. The van der Waals surface area contributed by atoms with Crippen molar-refractivity contribution >= 4 is 50.1 Å². The number of fused-ring (bicyclic) bond motifs is 2. The van der Waals surface area contributed by atoms with E-state index in [1.165, 1.54) is 18.2 Å². The highest BCUT2D eigenvalue weighted by molar-refractivity contribution is 9.10. The van der Waals surface area contributed by atoms with Crippen LogP contribution in [0.15, 0.2) is 95.5 Å². The zero-order valence-electron chi connectivity index (χ0n) is 25.5. The van der Waals surface area contributed by atoms with Gasteiger partial charge >= 0.3 is 0 Å². The van der Waals surface area contributed by atoms with E-state index in [0.29, 0.717) is 6.04 Å². The van der Waals surface area contributed by atoms with Crippen LogP contribution in [0.5, 0.6) is 23.0 Å². The van der Waals surface area contributed by atoms with Gasteiger partial charge in [0.2, 0.25) is 11.1 Å². The molecule has 2 atom stereocenters. The predicted octanol–water partition coefficient (Wildman–Crippen LogP) is 9.93. The number of anilines is 2. The third kappa shape index (κ3) is 8.87. The van der Waals surface area contributed by atoms with Crippen LogP contribution >= 0.6 is 27.5 Å². The van der Waals surface area contributed by atoms with Gasteiger partial charge in [-0.1, -0.05) is 42.5 Å². The zero-order chi connectivity index (χ0) is 31.6. The minimum Gasteiger partial charge on any atom is -0.457 e. The van der Waals surface area contributed by atoms with Crippen LogP contribution in [0.1, 0.15) is 51.7 Å². The molecule has 0 spiro atoms. The number of nitrogens with zero attached hydrogens (tertiary/aromatic N) is 1. The Hall–Kier alpha value is -3.81. The van der Waals surface area contributed by atoms with Crippen LogP contribution in [0.4, 0.5) is 11.4 Å². The molecule has 230 valence electrons. The van der Waals surface area contributed by atoms with E-state index in [1.807, 2.05) is 89.8 Å². The van der Waals surface area contributed by atoms with E-state index >= 15 is 0 Å². The summed E-state index contributed by atoms with van der Waals surface area (Å²) in [6.45, 7) is 7.21. The maximum absolute atomic E-state index is 12.0. The molecule has 6 nitrogen and oxygen atoms in total. The number of para-hydroxylation sites is 2. The molecule has 44 heavy (non-hydrogen) atoms. The van der Waals surface area contributed by atoms with Gasteiger partial charge in [-0.2, -0.15) is 0 Å². The Morgan fingerprint density at radius 3 is 2.00 bits per heavy atom. The number of nitrogens with one attached hydrogen (secondary N) is 1. The maximum atomic E-state index is 12.0. The summed E-state index contributed by atoms with van der Waals surface area (Å²) in [6.07, 6.45) is 4.07. The first-order chi connectivity index (χ1) is 21.1. The van der Waals surface area contributed by atoms with E-state index < -0.39 is 0 Å². The molecule has 8 heteroatoms. The first-order valence-corrected chi connectivity index (χ1v) is 15.9. The van der Waals surface area contributed by atoms with Gasteiger partial charge in [-0.15, -0.1) is 0 Å². The second kappa shape index (κ2) is 15.8. The Labute approximate surface area is 273 Å². The molecule has 4 aromatic carbocycles. The topological polar surface area (TPSA) is 67.9 Å². The number of carbonyl (C=O) groups is 2. The fraction of sp³-hybridized carbons (Fsp3) is 0.278. The third-order valence-corrected chi connectivity index (χ3v) is 7.96. The molecule has 1 amide bonds. The van der Waals surface area contributed by atoms with Gasteiger partial charge in [-0.3, -0.25) is 9.59 Å². The highest BCUT2D eigenvalue weighted by Crippen LogP contribution is 2.43. The van der Waals surface area contributed by atoms with Crippen molar-refractivity contribution in [2.45, 2.75) is 65.5 Å². The van der Waals surface area contributed by atoms with Crippen LogP contribution in [0.2, 0.25) is 0 Å². The van der Waals surface area contributed by atoms with Crippen LogP contribution in [0, 0.1) is 0 Å². The van der Waals surface area contributed by atoms with Gasteiger partial charge in [-0.25, -0.2) is 0 Å². The Bertz CT molecular complexity index is 1560. The Morgan fingerprint density at radius 2 is 1.39 bits per heavy atom. The maximum Gasteiger partial charge on any atom is 0.224 e. The summed E-state index contributed by atoms with van der Waals surface area (Å²) >= 11 is 8.21. The van der Waals surface area contributed by atoms with Crippen molar-refractivity contribution in [3.8, 4) is 23.0 Å². The number of amides is 1. The van der Waals surface area contributed by atoms with Crippen molar-refractivity contribution in [2.24, 2.45) is 0 Å². The van der Waals surface area contributed by atoms with Crippen molar-refractivity contribution in [1.82, 2.24) is 0 Å². The minimum atomic E-state index is -0.361. The molecule has 0 radical (unpaired) electrons. The van der Waals surface area contributed by atoms with E-state index in [1.54, 1.807) is 6.92 Å². The number of rotatable bonds is 4. The van der Waals surface area contributed by atoms with Gasteiger partial charge in [-0.05, 0) is 116 Å². The second-order valence-corrected chi connectivity index (χ2v) is 12.2. The molecule has 6 rings (SSSR count). The number of carbonyl (C=O) groups excluding carboxylic acids is 2. The van der Waals surface area contributed by atoms with Crippen molar-refractivity contribution < 1.29 is 19.1 Å². The molecular formula is C36H38BrClN2O4. The number of hydrogen-bond donors (Lipinski definition) is 1.